The van der Waals surface area contributed by atoms with E-state index in [4.69, 9.17) is 5.11 Å². The standard InChI is InChI=1S/C13H13N3O4/c1-2-15-6-5-14-12(15)8-9-3-4-10(13(17)18)7-11(9)16(19)20/h3-7H,2,8H2,1H3,(H,17,18). The molecule has 1 heterocycles. The second-order valence-corrected chi connectivity index (χ2v) is 4.21. The summed E-state index contributed by atoms with van der Waals surface area (Å²) in [5.74, 6) is -0.478. The third-order valence-corrected chi connectivity index (χ3v) is 3.02. The van der Waals surface area contributed by atoms with E-state index < -0.39 is 10.9 Å². The van der Waals surface area contributed by atoms with Crippen molar-refractivity contribution in [2.75, 3.05) is 0 Å². The van der Waals surface area contributed by atoms with Crippen LogP contribution in [0.15, 0.2) is 30.6 Å². The van der Waals surface area contributed by atoms with Crippen molar-refractivity contribution in [3.63, 3.8) is 0 Å². The van der Waals surface area contributed by atoms with Crippen LogP contribution in [0.4, 0.5) is 5.69 Å². The largest absolute Gasteiger partial charge is 0.478 e. The molecule has 0 spiro atoms. The Kier molecular flexibility index (Phi) is 3.79. The second-order valence-electron chi connectivity index (χ2n) is 4.21. The van der Waals surface area contributed by atoms with E-state index in [1.165, 1.54) is 12.1 Å². The number of nitro groups is 1. The molecule has 0 amide bonds. The molecule has 0 aliphatic heterocycles. The van der Waals surface area contributed by atoms with Crippen molar-refractivity contribution in [3.05, 3.63) is 57.7 Å². The lowest BCUT2D eigenvalue weighted by atomic mass is 10.1. The Morgan fingerprint density at radius 3 is 2.85 bits per heavy atom. The van der Waals surface area contributed by atoms with E-state index in [0.717, 1.165) is 12.6 Å². The number of aromatic carboxylic acids is 1. The van der Waals surface area contributed by atoms with E-state index in [2.05, 4.69) is 4.98 Å². The summed E-state index contributed by atoms with van der Waals surface area (Å²) in [7, 11) is 0. The van der Waals surface area contributed by atoms with E-state index in [0.29, 0.717) is 11.4 Å². The lowest BCUT2D eigenvalue weighted by molar-refractivity contribution is -0.385. The maximum atomic E-state index is 11.1. The third-order valence-electron chi connectivity index (χ3n) is 3.02. The number of hydrogen-bond donors (Lipinski definition) is 1. The highest BCUT2D eigenvalue weighted by atomic mass is 16.6. The van der Waals surface area contributed by atoms with E-state index in [9.17, 15) is 14.9 Å². The van der Waals surface area contributed by atoms with E-state index in [1.807, 2.05) is 11.5 Å². The van der Waals surface area contributed by atoms with Crippen LogP contribution in [0, 0.1) is 10.1 Å². The van der Waals surface area contributed by atoms with Gasteiger partial charge in [-0.1, -0.05) is 6.07 Å². The minimum absolute atomic E-state index is 0.0979. The van der Waals surface area contributed by atoms with Crippen LogP contribution in [0.2, 0.25) is 0 Å². The minimum Gasteiger partial charge on any atom is -0.478 e. The maximum absolute atomic E-state index is 11.1. The summed E-state index contributed by atoms with van der Waals surface area (Å²) in [5, 5.41) is 19.9. The second kappa shape index (κ2) is 5.52. The fourth-order valence-corrected chi connectivity index (χ4v) is 1.98. The van der Waals surface area contributed by atoms with Gasteiger partial charge >= 0.3 is 5.97 Å². The molecule has 20 heavy (non-hydrogen) atoms. The molecular weight excluding hydrogens is 262 g/mol. The van der Waals surface area contributed by atoms with Crippen molar-refractivity contribution in [3.8, 4) is 0 Å². The van der Waals surface area contributed by atoms with Gasteiger partial charge in [0.25, 0.3) is 5.69 Å². The van der Waals surface area contributed by atoms with Crippen LogP contribution in [0.5, 0.6) is 0 Å². The van der Waals surface area contributed by atoms with Crippen molar-refractivity contribution in [1.29, 1.82) is 0 Å². The molecule has 0 fully saturated rings. The van der Waals surface area contributed by atoms with Crippen LogP contribution in [-0.4, -0.2) is 25.6 Å². The number of hydrogen-bond acceptors (Lipinski definition) is 4. The summed E-state index contributed by atoms with van der Waals surface area (Å²) < 4.78 is 1.88. The normalized spacial score (nSPS) is 10.4. The molecule has 1 N–H and O–H groups in total. The number of nitro benzene ring substituents is 1. The van der Waals surface area contributed by atoms with Crippen molar-refractivity contribution >= 4 is 11.7 Å². The molecule has 7 heteroatoms. The first-order valence-electron chi connectivity index (χ1n) is 6.03. The Morgan fingerprint density at radius 2 is 2.25 bits per heavy atom. The molecule has 0 aliphatic rings. The summed E-state index contributed by atoms with van der Waals surface area (Å²) in [4.78, 5) is 25.5. The Morgan fingerprint density at radius 1 is 1.50 bits per heavy atom. The zero-order valence-corrected chi connectivity index (χ0v) is 10.8. The summed E-state index contributed by atoms with van der Waals surface area (Å²) in [6.07, 6.45) is 3.72. The molecule has 0 aliphatic carbocycles. The van der Waals surface area contributed by atoms with Gasteiger partial charge in [-0.25, -0.2) is 9.78 Å². The first kappa shape index (κ1) is 13.7. The van der Waals surface area contributed by atoms with E-state index in [-0.39, 0.29) is 17.7 Å². The zero-order valence-electron chi connectivity index (χ0n) is 10.8. The number of rotatable bonds is 5. The van der Waals surface area contributed by atoms with Crippen molar-refractivity contribution in [2.24, 2.45) is 0 Å². The van der Waals surface area contributed by atoms with Crippen molar-refractivity contribution in [1.82, 2.24) is 9.55 Å². The fourth-order valence-electron chi connectivity index (χ4n) is 1.98. The SMILES string of the molecule is CCn1ccnc1Cc1ccc(C(=O)O)cc1[N+](=O)[O-]. The number of aromatic nitrogens is 2. The molecule has 7 nitrogen and oxygen atoms in total. The maximum Gasteiger partial charge on any atom is 0.335 e. The molecule has 1 aromatic carbocycles. The highest BCUT2D eigenvalue weighted by Gasteiger charge is 2.18. The predicted octanol–water partition coefficient (Wildman–Crippen LogP) is 2.10. The molecule has 0 radical (unpaired) electrons. The number of aryl methyl sites for hydroxylation is 1. The Balaban J connectivity index is 2.41. The third kappa shape index (κ3) is 2.66. The molecular formula is C13H13N3O4. The van der Waals surface area contributed by atoms with Crippen LogP contribution in [0.1, 0.15) is 28.7 Å². The van der Waals surface area contributed by atoms with Gasteiger partial charge in [0.2, 0.25) is 0 Å². The van der Waals surface area contributed by atoms with Gasteiger partial charge in [0, 0.05) is 37.0 Å². The van der Waals surface area contributed by atoms with Gasteiger partial charge in [0.05, 0.1) is 10.5 Å². The van der Waals surface area contributed by atoms with E-state index >= 15 is 0 Å². The summed E-state index contributed by atoms with van der Waals surface area (Å²) in [6.45, 7) is 2.67. The van der Waals surface area contributed by atoms with Crippen molar-refractivity contribution in [2.45, 2.75) is 19.9 Å². The Hall–Kier alpha value is -2.70. The van der Waals surface area contributed by atoms with Crippen LogP contribution >= 0.6 is 0 Å². The minimum atomic E-state index is -1.19. The van der Waals surface area contributed by atoms with Gasteiger partial charge in [-0.2, -0.15) is 0 Å². The number of imidazole rings is 1. The van der Waals surface area contributed by atoms with Gasteiger partial charge in [-0.15, -0.1) is 0 Å². The van der Waals surface area contributed by atoms with Crippen molar-refractivity contribution < 1.29 is 14.8 Å². The van der Waals surface area contributed by atoms with Gasteiger partial charge < -0.3 is 9.67 Å². The predicted molar refractivity (Wildman–Crippen MR) is 70.8 cm³/mol. The lowest BCUT2D eigenvalue weighted by Crippen LogP contribution is -2.05. The summed E-state index contributed by atoms with van der Waals surface area (Å²) >= 11 is 0. The highest BCUT2D eigenvalue weighted by Crippen LogP contribution is 2.23. The fraction of sp³-hybridized carbons (Fsp3) is 0.231. The highest BCUT2D eigenvalue weighted by molar-refractivity contribution is 5.88. The lowest BCUT2D eigenvalue weighted by Gasteiger charge is -2.06. The Labute approximate surface area is 114 Å². The number of nitrogens with zero attached hydrogens (tertiary/aromatic N) is 3. The van der Waals surface area contributed by atoms with Gasteiger partial charge in [0.15, 0.2) is 0 Å². The van der Waals surface area contributed by atoms with Gasteiger partial charge in [-0.3, -0.25) is 10.1 Å². The average Bonchev–Trinajstić information content (AvgIpc) is 2.85. The molecule has 104 valence electrons. The molecule has 0 bridgehead atoms. The molecule has 2 rings (SSSR count). The quantitative estimate of drug-likeness (QED) is 0.665. The van der Waals surface area contributed by atoms with E-state index in [1.54, 1.807) is 12.4 Å². The van der Waals surface area contributed by atoms with Gasteiger partial charge in [0.1, 0.15) is 5.82 Å². The first-order chi connectivity index (χ1) is 9.52. The number of carbonyl (C=O) groups is 1. The molecule has 1 aromatic heterocycles. The van der Waals surface area contributed by atoms with Crippen LogP contribution < -0.4 is 0 Å². The first-order valence-corrected chi connectivity index (χ1v) is 6.03. The molecule has 0 unspecified atom stereocenters. The number of carboxylic acids is 1. The zero-order chi connectivity index (χ0) is 14.7. The average molecular weight is 275 g/mol. The number of benzene rings is 1. The smallest absolute Gasteiger partial charge is 0.335 e. The molecule has 0 saturated carbocycles. The summed E-state index contributed by atoms with van der Waals surface area (Å²) in [6, 6.07) is 3.91. The van der Waals surface area contributed by atoms with Crippen LogP contribution in [-0.2, 0) is 13.0 Å². The topological polar surface area (TPSA) is 98.3 Å². The van der Waals surface area contributed by atoms with Crippen LogP contribution in [0.25, 0.3) is 0 Å². The Bertz CT molecular complexity index is 663. The molecule has 0 atom stereocenters. The van der Waals surface area contributed by atoms with Gasteiger partial charge in [-0.05, 0) is 13.0 Å². The molecule has 2 aromatic rings. The summed E-state index contributed by atoms with van der Waals surface area (Å²) in [5.41, 5.74) is 0.149. The monoisotopic (exact) mass is 275 g/mol. The molecule has 0 saturated heterocycles. The number of carboxylic acid groups (broad SMARTS) is 1. The van der Waals surface area contributed by atoms with Crippen LogP contribution in [0.3, 0.4) is 0 Å².